The Morgan fingerprint density at radius 2 is 2.07 bits per heavy atom. The summed E-state index contributed by atoms with van der Waals surface area (Å²) >= 11 is 1.24. The lowest BCUT2D eigenvalue weighted by Crippen LogP contribution is -2.41. The standard InChI is InChI=1S/C17H27FN6O3S/c1-3-19-14-13(18)15(21-17(20-14)28-2)22-23-16(26)12(9-24(27)10-25)8-11-6-4-5-7-11/h10-12,27H,3-9H2,1-2H3,(H,23,26)(H2,19,20,21,22)/t12-/m0/s1. The number of hydrogen-bond acceptors (Lipinski definition) is 8. The topological polar surface area (TPSA) is 119 Å². The van der Waals surface area contributed by atoms with Gasteiger partial charge in [0, 0.05) is 6.54 Å². The molecule has 0 radical (unpaired) electrons. The van der Waals surface area contributed by atoms with E-state index in [0.29, 0.717) is 29.1 Å². The minimum atomic E-state index is -0.705. The molecule has 0 aromatic carbocycles. The minimum absolute atomic E-state index is 0.0450. The van der Waals surface area contributed by atoms with E-state index < -0.39 is 17.6 Å². The van der Waals surface area contributed by atoms with Crippen LogP contribution in [0.2, 0.25) is 0 Å². The van der Waals surface area contributed by atoms with Gasteiger partial charge in [-0.25, -0.2) is 15.0 Å². The van der Waals surface area contributed by atoms with E-state index in [0.717, 1.165) is 25.7 Å². The van der Waals surface area contributed by atoms with Gasteiger partial charge in [0.25, 0.3) is 0 Å². The number of anilines is 2. The van der Waals surface area contributed by atoms with Gasteiger partial charge in [-0.1, -0.05) is 37.4 Å². The smallest absolute Gasteiger partial charge is 0.243 e. The lowest BCUT2D eigenvalue weighted by atomic mass is 9.92. The van der Waals surface area contributed by atoms with E-state index in [-0.39, 0.29) is 24.6 Å². The van der Waals surface area contributed by atoms with E-state index in [4.69, 9.17) is 0 Å². The molecule has 11 heteroatoms. The SMILES string of the molecule is CCNc1nc(SC)nc(NNC(=O)[C@@H](CC2CCCC2)CN(O)C=O)c1F. The van der Waals surface area contributed by atoms with Crippen LogP contribution < -0.4 is 16.2 Å². The highest BCUT2D eigenvalue weighted by Crippen LogP contribution is 2.30. The van der Waals surface area contributed by atoms with Crippen molar-refractivity contribution in [2.24, 2.45) is 11.8 Å². The summed E-state index contributed by atoms with van der Waals surface area (Å²) in [5.74, 6) is -1.51. The molecule has 1 heterocycles. The molecular weight excluding hydrogens is 387 g/mol. The van der Waals surface area contributed by atoms with Crippen LogP contribution in [0.1, 0.15) is 39.0 Å². The minimum Gasteiger partial charge on any atom is -0.368 e. The number of halogens is 1. The number of rotatable bonds is 11. The normalized spacial score (nSPS) is 15.1. The summed E-state index contributed by atoms with van der Waals surface area (Å²) in [6.07, 6.45) is 6.84. The Bertz CT molecular complexity index is 675. The number of carbonyl (C=O) groups is 2. The number of nitrogens with one attached hydrogen (secondary N) is 3. The molecule has 1 atom stereocenters. The van der Waals surface area contributed by atoms with Crippen LogP contribution in [0.25, 0.3) is 0 Å². The third-order valence-electron chi connectivity index (χ3n) is 4.65. The molecule has 1 saturated carbocycles. The Labute approximate surface area is 167 Å². The maximum Gasteiger partial charge on any atom is 0.243 e. The summed E-state index contributed by atoms with van der Waals surface area (Å²) in [5, 5.41) is 13.1. The lowest BCUT2D eigenvalue weighted by Gasteiger charge is -2.22. The first-order chi connectivity index (χ1) is 13.5. The van der Waals surface area contributed by atoms with Crippen molar-refractivity contribution in [3.8, 4) is 0 Å². The van der Waals surface area contributed by atoms with Crippen molar-refractivity contribution in [3.05, 3.63) is 5.82 Å². The highest BCUT2D eigenvalue weighted by molar-refractivity contribution is 7.98. The lowest BCUT2D eigenvalue weighted by molar-refractivity contribution is -0.154. The van der Waals surface area contributed by atoms with Gasteiger partial charge in [-0.3, -0.25) is 25.6 Å². The van der Waals surface area contributed by atoms with Crippen LogP contribution in [0.3, 0.4) is 0 Å². The van der Waals surface area contributed by atoms with Crippen molar-refractivity contribution >= 4 is 35.7 Å². The van der Waals surface area contributed by atoms with Gasteiger partial charge in [-0.2, -0.15) is 4.39 Å². The van der Waals surface area contributed by atoms with Crippen LogP contribution >= 0.6 is 11.8 Å². The van der Waals surface area contributed by atoms with Crippen LogP contribution in [0.4, 0.5) is 16.0 Å². The molecule has 1 fully saturated rings. The van der Waals surface area contributed by atoms with Gasteiger partial charge in [-0.05, 0) is 25.5 Å². The van der Waals surface area contributed by atoms with Gasteiger partial charge in [0.05, 0.1) is 12.5 Å². The number of thioether (sulfide) groups is 1. The summed E-state index contributed by atoms with van der Waals surface area (Å²) in [6, 6.07) is 0. The summed E-state index contributed by atoms with van der Waals surface area (Å²) < 4.78 is 14.5. The van der Waals surface area contributed by atoms with Crippen LogP contribution in [0.5, 0.6) is 0 Å². The monoisotopic (exact) mass is 414 g/mol. The summed E-state index contributed by atoms with van der Waals surface area (Å²) in [4.78, 5) is 31.5. The Kier molecular flexibility index (Phi) is 8.71. The maximum absolute atomic E-state index is 14.5. The van der Waals surface area contributed by atoms with Crippen LogP contribution in [-0.2, 0) is 9.59 Å². The molecule has 2 rings (SSSR count). The second-order valence-corrected chi connectivity index (χ2v) is 7.45. The molecule has 0 unspecified atom stereocenters. The van der Waals surface area contributed by atoms with Gasteiger partial charge in [0.1, 0.15) is 0 Å². The van der Waals surface area contributed by atoms with E-state index in [1.54, 1.807) is 6.26 Å². The first kappa shape index (κ1) is 22.2. The molecule has 28 heavy (non-hydrogen) atoms. The van der Waals surface area contributed by atoms with Crippen LogP contribution in [0.15, 0.2) is 5.16 Å². The molecule has 9 nitrogen and oxygen atoms in total. The molecule has 1 aromatic rings. The zero-order valence-electron chi connectivity index (χ0n) is 16.1. The highest BCUT2D eigenvalue weighted by atomic mass is 32.2. The maximum atomic E-state index is 14.5. The average Bonchev–Trinajstić information content (AvgIpc) is 3.20. The molecule has 156 valence electrons. The second kappa shape index (κ2) is 11.0. The van der Waals surface area contributed by atoms with E-state index in [1.807, 2.05) is 6.92 Å². The quantitative estimate of drug-likeness (QED) is 0.143. The predicted octanol–water partition coefficient (Wildman–Crippen LogP) is 2.26. The third kappa shape index (κ3) is 6.20. The zero-order chi connectivity index (χ0) is 20.5. The average molecular weight is 415 g/mol. The predicted molar refractivity (Wildman–Crippen MR) is 104 cm³/mol. The largest absolute Gasteiger partial charge is 0.368 e. The molecule has 0 spiro atoms. The first-order valence-electron chi connectivity index (χ1n) is 9.30. The van der Waals surface area contributed by atoms with E-state index in [9.17, 15) is 19.2 Å². The first-order valence-corrected chi connectivity index (χ1v) is 10.5. The number of hydrazine groups is 1. The summed E-state index contributed by atoms with van der Waals surface area (Å²) in [6.45, 7) is 2.17. The Balaban J connectivity index is 2.07. The van der Waals surface area contributed by atoms with Crippen molar-refractivity contribution in [1.29, 1.82) is 0 Å². The van der Waals surface area contributed by atoms with Crippen molar-refractivity contribution in [3.63, 3.8) is 0 Å². The van der Waals surface area contributed by atoms with E-state index in [2.05, 4.69) is 26.1 Å². The van der Waals surface area contributed by atoms with Crippen molar-refractivity contribution in [2.75, 3.05) is 30.1 Å². The second-order valence-electron chi connectivity index (χ2n) is 6.68. The molecule has 0 saturated heterocycles. The zero-order valence-corrected chi connectivity index (χ0v) is 16.9. The number of hydrogen-bond donors (Lipinski definition) is 4. The number of nitrogens with zero attached hydrogens (tertiary/aromatic N) is 3. The number of carbonyl (C=O) groups excluding carboxylic acids is 2. The molecule has 4 N–H and O–H groups in total. The van der Waals surface area contributed by atoms with Crippen molar-refractivity contribution in [1.82, 2.24) is 20.5 Å². The fourth-order valence-electron chi connectivity index (χ4n) is 3.29. The van der Waals surface area contributed by atoms with Gasteiger partial charge in [-0.15, -0.1) is 0 Å². The van der Waals surface area contributed by atoms with Gasteiger partial charge >= 0.3 is 0 Å². The molecule has 2 amide bonds. The number of amides is 2. The number of hydroxylamine groups is 2. The molecule has 1 aliphatic rings. The molecule has 0 bridgehead atoms. The Morgan fingerprint density at radius 1 is 1.39 bits per heavy atom. The molecule has 1 aliphatic carbocycles. The third-order valence-corrected chi connectivity index (χ3v) is 5.20. The summed E-state index contributed by atoms with van der Waals surface area (Å²) in [5.41, 5.74) is 4.97. The fraction of sp³-hybridized carbons (Fsp3) is 0.647. The molecular formula is C17H27FN6O3S. The highest BCUT2D eigenvalue weighted by Gasteiger charge is 2.27. The van der Waals surface area contributed by atoms with Gasteiger partial charge in [0.15, 0.2) is 16.8 Å². The Morgan fingerprint density at radius 3 is 2.68 bits per heavy atom. The van der Waals surface area contributed by atoms with E-state index >= 15 is 0 Å². The van der Waals surface area contributed by atoms with Crippen LogP contribution in [-0.4, -0.2) is 51.9 Å². The van der Waals surface area contributed by atoms with Crippen molar-refractivity contribution in [2.45, 2.75) is 44.2 Å². The Hall–Kier alpha value is -2.14. The molecule has 0 aliphatic heterocycles. The number of aromatic nitrogens is 2. The summed E-state index contributed by atoms with van der Waals surface area (Å²) in [7, 11) is 0. The van der Waals surface area contributed by atoms with E-state index in [1.165, 1.54) is 11.8 Å². The van der Waals surface area contributed by atoms with Gasteiger partial charge < -0.3 is 5.32 Å². The van der Waals surface area contributed by atoms with Crippen LogP contribution in [0, 0.1) is 17.7 Å². The fourth-order valence-corrected chi connectivity index (χ4v) is 3.66. The van der Waals surface area contributed by atoms with Gasteiger partial charge in [0.2, 0.25) is 18.1 Å². The van der Waals surface area contributed by atoms with Crippen molar-refractivity contribution < 1.29 is 19.2 Å². The molecule has 1 aromatic heterocycles.